The van der Waals surface area contributed by atoms with Crippen LogP contribution in [0.3, 0.4) is 0 Å². The third-order valence-corrected chi connectivity index (χ3v) is 3.48. The average molecular weight is 218 g/mol. The second-order valence-corrected chi connectivity index (χ2v) is 4.43. The Labute approximate surface area is 83.9 Å². The van der Waals surface area contributed by atoms with Gasteiger partial charge in [0.2, 0.25) is 0 Å². The van der Waals surface area contributed by atoms with Crippen molar-refractivity contribution in [3.8, 4) is 0 Å². The molecule has 0 amide bonds. The summed E-state index contributed by atoms with van der Waals surface area (Å²) in [5.41, 5.74) is 0.923. The van der Waals surface area contributed by atoms with Crippen LogP contribution in [0.5, 0.6) is 0 Å². The first kappa shape index (κ1) is 8.30. The minimum Gasteiger partial charge on any atom is -0.241 e. The van der Waals surface area contributed by atoms with Crippen LogP contribution < -0.4 is 0 Å². The lowest BCUT2D eigenvalue weighted by atomic mass is 10.3. The number of fused-ring (bicyclic) bond motifs is 1. The summed E-state index contributed by atoms with van der Waals surface area (Å²) >= 11 is 13.4. The molecule has 62 valence electrons. The summed E-state index contributed by atoms with van der Waals surface area (Å²) in [5, 5.41) is 2.21. The molecule has 0 aliphatic heterocycles. The van der Waals surface area contributed by atoms with Crippen LogP contribution in [0.1, 0.15) is 5.01 Å². The fourth-order valence-corrected chi connectivity index (χ4v) is 2.39. The fourth-order valence-electron chi connectivity index (χ4n) is 1.05. The lowest BCUT2D eigenvalue weighted by Crippen LogP contribution is -1.70. The van der Waals surface area contributed by atoms with Crippen molar-refractivity contribution in [2.24, 2.45) is 0 Å². The van der Waals surface area contributed by atoms with E-state index in [2.05, 4.69) is 4.98 Å². The van der Waals surface area contributed by atoms with Gasteiger partial charge in [0.05, 0.1) is 25.3 Å². The van der Waals surface area contributed by atoms with Gasteiger partial charge in [-0.2, -0.15) is 0 Å². The Kier molecular flexibility index (Phi) is 1.99. The molecule has 12 heavy (non-hydrogen) atoms. The zero-order valence-corrected chi connectivity index (χ0v) is 8.59. The predicted molar refractivity (Wildman–Crippen MR) is 54.4 cm³/mol. The molecular weight excluding hydrogens is 213 g/mol. The summed E-state index contributed by atoms with van der Waals surface area (Å²) in [5.74, 6) is 0. The second-order valence-electron chi connectivity index (χ2n) is 2.44. The zero-order chi connectivity index (χ0) is 8.72. The third kappa shape index (κ3) is 1.20. The quantitative estimate of drug-likeness (QED) is 0.653. The number of rotatable bonds is 0. The summed E-state index contributed by atoms with van der Waals surface area (Å²) in [6.07, 6.45) is 0. The molecule has 0 spiro atoms. The molecule has 0 atom stereocenters. The van der Waals surface area contributed by atoms with E-state index in [-0.39, 0.29) is 0 Å². The number of benzene rings is 1. The Morgan fingerprint density at radius 3 is 2.83 bits per heavy atom. The zero-order valence-electron chi connectivity index (χ0n) is 6.27. The number of aryl methyl sites for hydroxylation is 1. The van der Waals surface area contributed by atoms with Gasteiger partial charge >= 0.3 is 0 Å². The van der Waals surface area contributed by atoms with Crippen LogP contribution in [0.4, 0.5) is 0 Å². The minimum absolute atomic E-state index is 0.591. The maximum atomic E-state index is 5.98. The van der Waals surface area contributed by atoms with Crippen molar-refractivity contribution in [3.05, 3.63) is 27.2 Å². The van der Waals surface area contributed by atoms with Gasteiger partial charge in [0.15, 0.2) is 0 Å². The highest BCUT2D eigenvalue weighted by atomic mass is 35.5. The molecule has 0 aliphatic rings. The van der Waals surface area contributed by atoms with Crippen molar-refractivity contribution in [1.29, 1.82) is 0 Å². The molecule has 0 unspecified atom stereocenters. The van der Waals surface area contributed by atoms with Gasteiger partial charge in [-0.25, -0.2) is 4.98 Å². The lowest BCUT2D eigenvalue weighted by molar-refractivity contribution is 1.35. The minimum atomic E-state index is 0.591. The van der Waals surface area contributed by atoms with Crippen molar-refractivity contribution >= 4 is 44.8 Å². The smallest absolute Gasteiger partial charge is 0.0908 e. The predicted octanol–water partition coefficient (Wildman–Crippen LogP) is 3.91. The maximum absolute atomic E-state index is 5.98. The molecule has 0 aliphatic carbocycles. The van der Waals surface area contributed by atoms with E-state index >= 15 is 0 Å². The summed E-state index contributed by atoms with van der Waals surface area (Å²) in [7, 11) is 0. The highest BCUT2D eigenvalue weighted by molar-refractivity contribution is 7.19. The molecular formula is C8H5Cl2NS. The molecule has 0 bridgehead atoms. The van der Waals surface area contributed by atoms with E-state index in [1.807, 2.05) is 13.0 Å². The number of halogens is 2. The first-order chi connectivity index (χ1) is 5.68. The number of hydrogen-bond acceptors (Lipinski definition) is 2. The van der Waals surface area contributed by atoms with E-state index in [4.69, 9.17) is 23.2 Å². The lowest BCUT2D eigenvalue weighted by Gasteiger charge is -1.93. The highest BCUT2D eigenvalue weighted by Gasteiger charge is 2.06. The Hall–Kier alpha value is -0.310. The van der Waals surface area contributed by atoms with Crippen molar-refractivity contribution in [3.63, 3.8) is 0 Å². The van der Waals surface area contributed by atoms with E-state index in [1.54, 1.807) is 17.4 Å². The molecule has 0 radical (unpaired) electrons. The van der Waals surface area contributed by atoms with E-state index in [0.29, 0.717) is 10.0 Å². The number of aromatic nitrogens is 1. The number of nitrogens with zero attached hydrogens (tertiary/aromatic N) is 1. The number of thiazole rings is 1. The molecule has 1 aromatic heterocycles. The maximum Gasteiger partial charge on any atom is 0.0908 e. The van der Waals surface area contributed by atoms with Crippen LogP contribution in [0.15, 0.2) is 12.1 Å². The Morgan fingerprint density at radius 1 is 1.33 bits per heavy atom. The summed E-state index contributed by atoms with van der Waals surface area (Å²) in [6, 6.07) is 3.65. The van der Waals surface area contributed by atoms with Crippen molar-refractivity contribution in [2.45, 2.75) is 6.92 Å². The van der Waals surface area contributed by atoms with Crippen LogP contribution in [-0.2, 0) is 0 Å². The molecule has 1 nitrogen and oxygen atoms in total. The molecule has 0 fully saturated rings. The highest BCUT2D eigenvalue weighted by Crippen LogP contribution is 2.34. The van der Waals surface area contributed by atoms with Crippen molar-refractivity contribution in [2.75, 3.05) is 0 Å². The van der Waals surface area contributed by atoms with Crippen LogP contribution >= 0.6 is 34.5 Å². The largest absolute Gasteiger partial charge is 0.241 e. The molecule has 0 saturated heterocycles. The number of hydrogen-bond donors (Lipinski definition) is 0. The third-order valence-electron chi connectivity index (χ3n) is 1.56. The normalized spacial score (nSPS) is 10.9. The monoisotopic (exact) mass is 217 g/mol. The molecule has 0 saturated carbocycles. The molecule has 2 aromatic rings. The van der Waals surface area contributed by atoms with Gasteiger partial charge in [-0.15, -0.1) is 11.3 Å². The van der Waals surface area contributed by atoms with Crippen LogP contribution in [-0.4, -0.2) is 4.98 Å². The summed E-state index contributed by atoms with van der Waals surface area (Å²) in [6.45, 7) is 1.95. The van der Waals surface area contributed by atoms with Gasteiger partial charge in [0, 0.05) is 0 Å². The first-order valence-electron chi connectivity index (χ1n) is 3.39. The molecule has 2 rings (SSSR count). The molecule has 1 heterocycles. The van der Waals surface area contributed by atoms with Crippen LogP contribution in [0.25, 0.3) is 10.2 Å². The van der Waals surface area contributed by atoms with Crippen LogP contribution in [0.2, 0.25) is 10.0 Å². The molecule has 0 N–H and O–H groups in total. The SMILES string of the molecule is Cc1nc2ccc(Cl)c(Cl)c2s1. The van der Waals surface area contributed by atoms with E-state index < -0.39 is 0 Å². The standard InChI is InChI=1S/C8H5Cl2NS/c1-4-11-6-3-2-5(9)7(10)8(6)12-4/h2-3H,1H3. The van der Waals surface area contributed by atoms with Gasteiger partial charge in [-0.05, 0) is 19.1 Å². The fraction of sp³-hybridized carbons (Fsp3) is 0.125. The van der Waals surface area contributed by atoms with E-state index in [9.17, 15) is 0 Å². The van der Waals surface area contributed by atoms with Gasteiger partial charge in [-0.1, -0.05) is 23.2 Å². The molecule has 1 aromatic carbocycles. The second kappa shape index (κ2) is 2.87. The van der Waals surface area contributed by atoms with Gasteiger partial charge in [0.25, 0.3) is 0 Å². The molecule has 4 heteroatoms. The van der Waals surface area contributed by atoms with Crippen molar-refractivity contribution < 1.29 is 0 Å². The van der Waals surface area contributed by atoms with E-state index in [0.717, 1.165) is 15.2 Å². The van der Waals surface area contributed by atoms with Crippen LogP contribution in [0, 0.1) is 6.92 Å². The van der Waals surface area contributed by atoms with Gasteiger partial charge in [0.1, 0.15) is 0 Å². The Balaban J connectivity index is 2.89. The van der Waals surface area contributed by atoms with E-state index in [1.165, 1.54) is 0 Å². The van der Waals surface area contributed by atoms with Crippen molar-refractivity contribution in [1.82, 2.24) is 4.98 Å². The average Bonchev–Trinajstić information content (AvgIpc) is 2.39. The Bertz CT molecular complexity index is 436. The van der Waals surface area contributed by atoms with Gasteiger partial charge in [-0.3, -0.25) is 0 Å². The summed E-state index contributed by atoms with van der Waals surface area (Å²) < 4.78 is 0.974. The summed E-state index contributed by atoms with van der Waals surface area (Å²) in [4.78, 5) is 4.29. The van der Waals surface area contributed by atoms with Gasteiger partial charge < -0.3 is 0 Å². The Morgan fingerprint density at radius 2 is 2.08 bits per heavy atom. The first-order valence-corrected chi connectivity index (χ1v) is 4.97. The topological polar surface area (TPSA) is 12.9 Å².